The van der Waals surface area contributed by atoms with Crippen LogP contribution in [0.2, 0.25) is 0 Å². The number of hydrogen-bond acceptors (Lipinski definition) is 13. The summed E-state index contributed by atoms with van der Waals surface area (Å²) in [4.78, 5) is 29.1. The second-order valence-corrected chi connectivity index (χ2v) is 15.6. The van der Waals surface area contributed by atoms with Crippen molar-refractivity contribution in [2.75, 3.05) is 66.8 Å². The molecule has 2 aromatic heterocycles. The topological polar surface area (TPSA) is 142 Å². The highest BCUT2D eigenvalue weighted by atomic mass is 127. The fourth-order valence-electron chi connectivity index (χ4n) is 5.66. The van der Waals surface area contributed by atoms with E-state index in [0.717, 1.165) is 85.0 Å². The minimum absolute atomic E-state index is 0.168. The molecule has 2 saturated heterocycles. The van der Waals surface area contributed by atoms with Crippen LogP contribution in [0.4, 0.5) is 34.9 Å². The third-order valence-corrected chi connectivity index (χ3v) is 10.3. The van der Waals surface area contributed by atoms with Gasteiger partial charge in [-0.3, -0.25) is 4.90 Å². The third kappa shape index (κ3) is 7.10. The molecule has 0 saturated carbocycles. The normalized spacial score (nSPS) is 16.5. The zero-order valence-electron chi connectivity index (χ0n) is 24.2. The second kappa shape index (κ2) is 13.4. The average molecular weight is 730 g/mol. The van der Waals surface area contributed by atoms with Crippen molar-refractivity contribution in [3.05, 3.63) is 67.3 Å². The van der Waals surface area contributed by atoms with E-state index in [1.807, 2.05) is 18.2 Å². The number of piperazine rings is 1. The number of anilines is 6. The maximum Gasteiger partial charge on any atom is 0.404 e. The quantitative estimate of drug-likeness (QED) is 0.176. The first-order chi connectivity index (χ1) is 21.4. The monoisotopic (exact) mass is 729 g/mol. The molecule has 6 rings (SSSR count). The van der Waals surface area contributed by atoms with Crippen molar-refractivity contribution in [3.63, 3.8) is 0 Å². The van der Waals surface area contributed by atoms with Crippen LogP contribution < -0.4 is 46.4 Å². The average Bonchev–Trinajstić information content (AvgIpc) is 3.05. The number of halogens is 1. The number of para-hydroxylation sites is 1. The number of piperidine rings is 1. The van der Waals surface area contributed by atoms with Crippen LogP contribution >= 0.6 is 0 Å². The maximum atomic E-state index is 12.2. The van der Waals surface area contributed by atoms with Crippen LogP contribution in [0.5, 0.6) is 5.75 Å². The van der Waals surface area contributed by atoms with Gasteiger partial charge in [-0.05, 0) is 43.2 Å². The van der Waals surface area contributed by atoms with Crippen molar-refractivity contribution in [2.24, 2.45) is 0 Å². The number of benzene rings is 2. The molecule has 4 heterocycles. The Morgan fingerprint density at radius 2 is 1.50 bits per heavy atom. The third-order valence-electron chi connectivity index (χ3n) is 7.90. The smallest absolute Gasteiger partial charge is 0.404 e. The minimum Gasteiger partial charge on any atom is -0.494 e. The first kappa shape index (κ1) is 30.2. The molecule has 230 valence electrons. The fraction of sp³-hybridized carbons (Fsp3) is 0.345. The number of hydrogen-bond donors (Lipinski definition) is 2. The molecule has 0 atom stereocenters. The van der Waals surface area contributed by atoms with Gasteiger partial charge in [0, 0.05) is 69.5 Å². The molecule has 0 radical (unpaired) electrons. The van der Waals surface area contributed by atoms with Crippen LogP contribution in [0.25, 0.3) is 0 Å². The Balaban J connectivity index is 1.06. The molecule has 2 fully saturated rings. The summed E-state index contributed by atoms with van der Waals surface area (Å²) < 4.78 is 30.1. The maximum absolute atomic E-state index is 12.2. The predicted octanol–water partition coefficient (Wildman–Crippen LogP) is -0.0773. The van der Waals surface area contributed by atoms with E-state index in [9.17, 15) is 8.42 Å². The minimum atomic E-state index is -3.42. The van der Waals surface area contributed by atoms with E-state index in [1.54, 1.807) is 43.8 Å². The van der Waals surface area contributed by atoms with Gasteiger partial charge in [0.2, 0.25) is 17.8 Å². The summed E-state index contributed by atoms with van der Waals surface area (Å²) in [5, 5.41) is 6.20. The molecule has 13 nitrogen and oxygen atoms in total. The lowest BCUT2D eigenvalue weighted by Crippen LogP contribution is -3.36. The molecule has 44 heavy (non-hydrogen) atoms. The summed E-state index contributed by atoms with van der Waals surface area (Å²) in [6.45, 7) is 5.89. The highest BCUT2D eigenvalue weighted by molar-refractivity contribution is 7.84. The summed E-state index contributed by atoms with van der Waals surface area (Å²) in [5.74, 6) is 2.00. The Hall–Kier alpha value is -3.83. The molecule has 15 heteroatoms. The molecule has 0 bridgehead atoms. The van der Waals surface area contributed by atoms with Crippen molar-refractivity contribution in [1.82, 2.24) is 29.8 Å². The molecule has 0 spiro atoms. The molecular formula is C29H34IN10O3S+. The Bertz CT molecular complexity index is 1680. The zero-order valence-corrected chi connectivity index (χ0v) is 27.4. The Kier molecular flexibility index (Phi) is 9.22. The molecule has 2 aliphatic rings. The van der Waals surface area contributed by atoms with Gasteiger partial charge >= 0.3 is 28.2 Å². The van der Waals surface area contributed by atoms with Crippen molar-refractivity contribution in [1.29, 1.82) is 0 Å². The number of nitrogens with zero attached hydrogens (tertiary/aromatic N) is 8. The highest BCUT2D eigenvalue weighted by Crippen LogP contribution is 2.33. The predicted molar refractivity (Wildman–Crippen MR) is 165 cm³/mol. The van der Waals surface area contributed by atoms with Crippen molar-refractivity contribution >= 4 is 41.9 Å². The largest absolute Gasteiger partial charge is 0.494 e. The van der Waals surface area contributed by atoms with Crippen LogP contribution in [0, 0.1) is 0 Å². The lowest BCUT2D eigenvalue weighted by Gasteiger charge is -2.43. The van der Waals surface area contributed by atoms with Crippen LogP contribution in [-0.4, -0.2) is 90.7 Å². The molecule has 0 aliphatic carbocycles. The Labute approximate surface area is 268 Å². The van der Waals surface area contributed by atoms with Crippen LogP contribution in [0.15, 0.2) is 72.1 Å². The molecule has 0 unspecified atom stereocenters. The summed E-state index contributed by atoms with van der Waals surface area (Å²) in [6, 6.07) is 15.1. The van der Waals surface area contributed by atoms with E-state index in [2.05, 4.69) is 56.3 Å². The lowest BCUT2D eigenvalue weighted by atomic mass is 10.0. The van der Waals surface area contributed by atoms with Gasteiger partial charge in [0.25, 0.3) is 0 Å². The Morgan fingerprint density at radius 3 is 2.18 bits per heavy atom. The molecule has 4 aromatic rings. The van der Waals surface area contributed by atoms with Gasteiger partial charge in [-0.15, -0.1) is 0 Å². The van der Waals surface area contributed by atoms with Crippen LogP contribution in [-0.2, 0) is 7.01 Å². The van der Waals surface area contributed by atoms with E-state index in [-0.39, 0.29) is 10.8 Å². The zero-order chi connectivity index (χ0) is 30.5. The van der Waals surface area contributed by atoms with E-state index >= 15 is 0 Å². The van der Waals surface area contributed by atoms with Gasteiger partial charge in [0.1, 0.15) is 17.0 Å². The fourth-order valence-corrected chi connectivity index (χ4v) is 7.53. The van der Waals surface area contributed by atoms with Gasteiger partial charge < -0.3 is 25.2 Å². The molecule has 2 aliphatic heterocycles. The van der Waals surface area contributed by atoms with Crippen molar-refractivity contribution in [2.45, 2.75) is 23.8 Å². The molecular weight excluding hydrogens is 695 g/mol. The number of nitrogens with one attached hydrogen (secondary N) is 2. The van der Waals surface area contributed by atoms with Gasteiger partial charge in [0.15, 0.2) is 0 Å². The van der Waals surface area contributed by atoms with E-state index in [4.69, 9.17) is 4.74 Å². The standard InChI is InChI=1S/C29H34IN10O3S/c1-43-25-19-22(38-13-9-21(10-14-38)39-15-17-40(18-16-39)29-31-11-4-12-32-29)7-8-23(25)35-27-33-20-34-28(37-27)36-24-5-2-3-6-26(24)44(30,41)42/h2-8,11-12,19-21,30H,9-10,13-18H2,1H3,(H2,33,34,35,36,37)/q+1. The van der Waals surface area contributed by atoms with Gasteiger partial charge in [-0.1, -0.05) is 12.1 Å². The highest BCUT2D eigenvalue weighted by Gasteiger charge is 2.28. The molecule has 2 aromatic carbocycles. The van der Waals surface area contributed by atoms with Crippen LogP contribution in [0.3, 0.4) is 0 Å². The molecule has 2 N–H and O–H groups in total. The SMILES string of the molecule is COc1cc(N2CCC(N3CCN(c4ncccn4)CC3)CC2)ccc1Nc1ncnc(Nc2ccccc2S(=O)(=O)[IH+])n1. The number of rotatable bonds is 9. The van der Waals surface area contributed by atoms with Gasteiger partial charge in [0.05, 0.1) is 18.5 Å². The molecule has 0 amide bonds. The van der Waals surface area contributed by atoms with Crippen LogP contribution in [0.1, 0.15) is 12.8 Å². The number of aromatic nitrogens is 5. The summed E-state index contributed by atoms with van der Waals surface area (Å²) in [7, 11) is -1.79. The first-order valence-electron chi connectivity index (χ1n) is 14.3. The summed E-state index contributed by atoms with van der Waals surface area (Å²) in [5.41, 5.74) is 2.21. The van der Waals surface area contributed by atoms with Gasteiger partial charge in [-0.25, -0.2) is 19.9 Å². The summed E-state index contributed by atoms with van der Waals surface area (Å²) in [6.07, 6.45) is 7.17. The summed E-state index contributed by atoms with van der Waals surface area (Å²) >= 11 is 1.08. The van der Waals surface area contributed by atoms with E-state index < -0.39 is 7.01 Å². The van der Waals surface area contributed by atoms with Crippen molar-refractivity contribution < 1.29 is 34.4 Å². The number of ether oxygens (including phenoxy) is 1. The lowest BCUT2D eigenvalue weighted by molar-refractivity contribution is -0.164. The number of methoxy groups -OCH3 is 1. The van der Waals surface area contributed by atoms with Gasteiger partial charge in [-0.2, -0.15) is 13.4 Å². The van der Waals surface area contributed by atoms with E-state index in [1.165, 1.54) is 6.33 Å². The first-order valence-corrected chi connectivity index (χ1v) is 18.6. The van der Waals surface area contributed by atoms with Crippen molar-refractivity contribution in [3.8, 4) is 5.75 Å². The Morgan fingerprint density at radius 1 is 0.818 bits per heavy atom. The second-order valence-electron chi connectivity index (χ2n) is 10.5. The van der Waals surface area contributed by atoms with E-state index in [0.29, 0.717) is 29.1 Å².